The Hall–Kier alpha value is -3.81. The third-order valence-corrected chi connectivity index (χ3v) is 6.75. The number of pyridine rings is 1. The van der Waals surface area contributed by atoms with Gasteiger partial charge < -0.3 is 25.6 Å². The predicted molar refractivity (Wildman–Crippen MR) is 148 cm³/mol. The largest absolute Gasteiger partial charge is 0.464 e. The second-order valence-corrected chi connectivity index (χ2v) is 9.74. The summed E-state index contributed by atoms with van der Waals surface area (Å²) >= 11 is 0. The molecule has 1 atom stereocenters. The van der Waals surface area contributed by atoms with E-state index in [1.807, 2.05) is 62.6 Å². The van der Waals surface area contributed by atoms with Crippen molar-refractivity contribution in [3.63, 3.8) is 0 Å². The summed E-state index contributed by atoms with van der Waals surface area (Å²) in [5, 5.41) is 10.6. The van der Waals surface area contributed by atoms with Gasteiger partial charge in [0.05, 0.1) is 12.1 Å². The van der Waals surface area contributed by atoms with Gasteiger partial charge in [-0.2, -0.15) is 0 Å². The minimum Gasteiger partial charge on any atom is -0.464 e. The maximum atomic E-state index is 12.8. The highest BCUT2D eigenvalue weighted by Gasteiger charge is 2.26. The standard InChI is InChI=1S/C29H37N5O3/c1-4-37-28(35)25(18-20-10-6-5-7-11-20)33-29(36)31-22-16-14-21(15-17-22)30-27-19-26(34(2)3)23-12-8-9-13-24(23)32-27/h5-13,19,21-22,25H,4,14-18H2,1-3H3,(H,30,32)(H2,31,33,36)/t21-,22+,25?. The minimum atomic E-state index is -0.731. The van der Waals surface area contributed by atoms with Crippen molar-refractivity contribution >= 4 is 34.4 Å². The lowest BCUT2D eigenvalue weighted by Gasteiger charge is -2.30. The molecule has 0 radical (unpaired) electrons. The van der Waals surface area contributed by atoms with E-state index in [4.69, 9.17) is 9.72 Å². The van der Waals surface area contributed by atoms with Gasteiger partial charge in [0.25, 0.3) is 0 Å². The number of benzene rings is 2. The van der Waals surface area contributed by atoms with Crippen LogP contribution in [0.15, 0.2) is 60.7 Å². The smallest absolute Gasteiger partial charge is 0.329 e. The molecule has 1 unspecified atom stereocenters. The molecule has 3 N–H and O–H groups in total. The van der Waals surface area contributed by atoms with Crippen molar-refractivity contribution in [1.29, 1.82) is 0 Å². The number of nitrogens with one attached hydrogen (secondary N) is 3. The van der Waals surface area contributed by atoms with E-state index in [9.17, 15) is 9.59 Å². The fraction of sp³-hybridized carbons (Fsp3) is 0.414. The molecular weight excluding hydrogens is 466 g/mol. The number of rotatable bonds is 9. The molecule has 0 bridgehead atoms. The van der Waals surface area contributed by atoms with Gasteiger partial charge in [-0.1, -0.05) is 48.5 Å². The Morgan fingerprint density at radius 1 is 1.00 bits per heavy atom. The highest BCUT2D eigenvalue weighted by Crippen LogP contribution is 2.29. The number of fused-ring (bicyclic) bond motifs is 1. The van der Waals surface area contributed by atoms with Crippen molar-refractivity contribution in [2.45, 2.75) is 57.2 Å². The summed E-state index contributed by atoms with van der Waals surface area (Å²) in [6.45, 7) is 2.03. The van der Waals surface area contributed by atoms with Gasteiger partial charge in [0.2, 0.25) is 0 Å². The normalized spacial score (nSPS) is 18.0. The zero-order valence-electron chi connectivity index (χ0n) is 21.9. The molecule has 2 amide bonds. The van der Waals surface area contributed by atoms with Crippen LogP contribution in [0.3, 0.4) is 0 Å². The van der Waals surface area contributed by atoms with Gasteiger partial charge in [0, 0.05) is 49.7 Å². The molecule has 2 aromatic carbocycles. The first kappa shape index (κ1) is 26.3. The molecule has 8 heteroatoms. The summed E-state index contributed by atoms with van der Waals surface area (Å²) < 4.78 is 5.19. The second-order valence-electron chi connectivity index (χ2n) is 9.74. The molecular formula is C29H37N5O3. The van der Waals surface area contributed by atoms with Crippen LogP contribution < -0.4 is 20.9 Å². The molecule has 0 spiro atoms. The molecule has 0 aliphatic heterocycles. The Bertz CT molecular complexity index is 1190. The van der Waals surface area contributed by atoms with Gasteiger partial charge in [-0.05, 0) is 44.2 Å². The number of nitrogens with zero attached hydrogens (tertiary/aromatic N) is 2. The number of esters is 1. The molecule has 1 aliphatic rings. The van der Waals surface area contributed by atoms with E-state index in [1.165, 1.54) is 0 Å². The zero-order chi connectivity index (χ0) is 26.2. The molecule has 196 valence electrons. The highest BCUT2D eigenvalue weighted by molar-refractivity contribution is 5.93. The lowest BCUT2D eigenvalue weighted by Crippen LogP contribution is -2.51. The van der Waals surface area contributed by atoms with Crippen LogP contribution in [0.2, 0.25) is 0 Å². The first-order valence-corrected chi connectivity index (χ1v) is 13.0. The van der Waals surface area contributed by atoms with Gasteiger partial charge in [0.1, 0.15) is 11.9 Å². The topological polar surface area (TPSA) is 95.6 Å². The summed E-state index contributed by atoms with van der Waals surface area (Å²) in [7, 11) is 4.08. The summed E-state index contributed by atoms with van der Waals surface area (Å²) in [5.41, 5.74) is 3.06. The lowest BCUT2D eigenvalue weighted by molar-refractivity contribution is -0.145. The quantitative estimate of drug-likeness (QED) is 0.372. The monoisotopic (exact) mass is 503 g/mol. The van der Waals surface area contributed by atoms with Crippen LogP contribution in [0.1, 0.15) is 38.2 Å². The van der Waals surface area contributed by atoms with Gasteiger partial charge in [-0.3, -0.25) is 0 Å². The molecule has 4 rings (SSSR count). The number of anilines is 2. The molecule has 0 saturated heterocycles. The SMILES string of the molecule is CCOC(=O)C(Cc1ccccc1)NC(=O)N[C@H]1CC[C@@H](Nc2cc(N(C)C)c3ccccc3n2)CC1. The van der Waals surface area contributed by atoms with E-state index in [1.54, 1.807) is 6.92 Å². The van der Waals surface area contributed by atoms with Crippen LogP contribution >= 0.6 is 0 Å². The van der Waals surface area contributed by atoms with Gasteiger partial charge in [-0.15, -0.1) is 0 Å². The van der Waals surface area contributed by atoms with Crippen molar-refractivity contribution in [2.24, 2.45) is 0 Å². The number of para-hydroxylation sites is 1. The van der Waals surface area contributed by atoms with Crippen molar-refractivity contribution in [3.8, 4) is 0 Å². The Morgan fingerprint density at radius 2 is 1.68 bits per heavy atom. The van der Waals surface area contributed by atoms with Crippen LogP contribution in [-0.4, -0.2) is 55.8 Å². The number of ether oxygens (including phenoxy) is 1. The Morgan fingerprint density at radius 3 is 2.38 bits per heavy atom. The molecule has 1 fully saturated rings. The number of carbonyl (C=O) groups is 2. The first-order chi connectivity index (χ1) is 17.9. The molecule has 1 saturated carbocycles. The third kappa shape index (κ3) is 7.12. The minimum absolute atomic E-state index is 0.0551. The number of amides is 2. The van der Waals surface area contributed by atoms with Crippen molar-refractivity contribution < 1.29 is 14.3 Å². The average Bonchev–Trinajstić information content (AvgIpc) is 2.89. The third-order valence-electron chi connectivity index (χ3n) is 6.75. The Labute approximate surface area is 218 Å². The lowest BCUT2D eigenvalue weighted by atomic mass is 9.91. The second kappa shape index (κ2) is 12.4. The predicted octanol–water partition coefficient (Wildman–Crippen LogP) is 4.50. The van der Waals surface area contributed by atoms with E-state index in [0.717, 1.165) is 53.7 Å². The molecule has 37 heavy (non-hydrogen) atoms. The van der Waals surface area contributed by atoms with Crippen molar-refractivity contribution in [1.82, 2.24) is 15.6 Å². The summed E-state index contributed by atoms with van der Waals surface area (Å²) in [6, 6.07) is 19.2. The number of hydrogen-bond acceptors (Lipinski definition) is 6. The van der Waals surface area contributed by atoms with Crippen molar-refractivity contribution in [2.75, 3.05) is 30.9 Å². The van der Waals surface area contributed by atoms with Crippen LogP contribution in [0.25, 0.3) is 10.9 Å². The number of urea groups is 1. The number of carbonyl (C=O) groups excluding carboxylic acids is 2. The summed E-state index contributed by atoms with van der Waals surface area (Å²) in [6.07, 6.45) is 3.92. The van der Waals surface area contributed by atoms with Crippen LogP contribution in [0, 0.1) is 0 Å². The molecule has 8 nitrogen and oxygen atoms in total. The Kier molecular flexibility index (Phi) is 8.82. The fourth-order valence-corrected chi connectivity index (χ4v) is 4.86. The van der Waals surface area contributed by atoms with Gasteiger partial charge >= 0.3 is 12.0 Å². The van der Waals surface area contributed by atoms with E-state index in [0.29, 0.717) is 6.42 Å². The molecule has 1 aromatic heterocycles. The van der Waals surface area contributed by atoms with Crippen LogP contribution in [0.5, 0.6) is 0 Å². The highest BCUT2D eigenvalue weighted by atomic mass is 16.5. The van der Waals surface area contributed by atoms with E-state index < -0.39 is 12.0 Å². The molecule has 3 aromatic rings. The maximum Gasteiger partial charge on any atom is 0.329 e. The van der Waals surface area contributed by atoms with Gasteiger partial charge in [-0.25, -0.2) is 14.6 Å². The van der Waals surface area contributed by atoms with E-state index in [-0.39, 0.29) is 24.7 Å². The van der Waals surface area contributed by atoms with Crippen molar-refractivity contribution in [3.05, 3.63) is 66.2 Å². The maximum absolute atomic E-state index is 12.8. The average molecular weight is 504 g/mol. The van der Waals surface area contributed by atoms with Crippen LogP contribution in [0.4, 0.5) is 16.3 Å². The fourth-order valence-electron chi connectivity index (χ4n) is 4.86. The number of aromatic nitrogens is 1. The summed E-state index contributed by atoms with van der Waals surface area (Å²) in [4.78, 5) is 32.1. The van der Waals surface area contributed by atoms with Gasteiger partial charge in [0.15, 0.2) is 0 Å². The van der Waals surface area contributed by atoms with E-state index >= 15 is 0 Å². The van der Waals surface area contributed by atoms with Crippen LogP contribution in [-0.2, 0) is 16.0 Å². The molecule has 1 aliphatic carbocycles. The number of hydrogen-bond donors (Lipinski definition) is 3. The molecule has 1 heterocycles. The first-order valence-electron chi connectivity index (χ1n) is 13.0. The summed E-state index contributed by atoms with van der Waals surface area (Å²) in [5.74, 6) is 0.448. The Balaban J connectivity index is 1.31. The zero-order valence-corrected chi connectivity index (χ0v) is 21.9. The van der Waals surface area contributed by atoms with E-state index in [2.05, 4.69) is 33.0 Å².